The zero-order valence-electron chi connectivity index (χ0n) is 15.3. The van der Waals surface area contributed by atoms with Crippen LogP contribution in [0, 0.1) is 6.92 Å². The zero-order valence-corrected chi connectivity index (χ0v) is 15.3. The first-order valence-corrected chi connectivity index (χ1v) is 8.24. The van der Waals surface area contributed by atoms with Gasteiger partial charge in [-0.05, 0) is 48.9 Å². The van der Waals surface area contributed by atoms with Crippen molar-refractivity contribution in [3.8, 4) is 22.8 Å². The summed E-state index contributed by atoms with van der Waals surface area (Å²) in [5.41, 5.74) is 9.02. The average Bonchev–Trinajstić information content (AvgIpc) is 2.69. The second-order valence-electron chi connectivity index (χ2n) is 5.85. The Bertz CT molecular complexity index is 989. The number of hydrogen-bond acceptors (Lipinski definition) is 6. The molecule has 138 valence electrons. The third-order valence-electron chi connectivity index (χ3n) is 4.10. The molecule has 0 saturated heterocycles. The van der Waals surface area contributed by atoms with Gasteiger partial charge in [-0.15, -0.1) is 0 Å². The lowest BCUT2D eigenvalue weighted by molar-refractivity contribution is 0.100. The van der Waals surface area contributed by atoms with Crippen molar-refractivity contribution in [2.45, 2.75) is 6.92 Å². The van der Waals surface area contributed by atoms with Gasteiger partial charge in [0.05, 0.1) is 19.9 Å². The second kappa shape index (κ2) is 7.74. The van der Waals surface area contributed by atoms with Crippen LogP contribution >= 0.6 is 0 Å². The van der Waals surface area contributed by atoms with Gasteiger partial charge in [-0.2, -0.15) is 0 Å². The molecule has 0 aliphatic rings. The maximum absolute atomic E-state index is 11.4. The van der Waals surface area contributed by atoms with Crippen LogP contribution in [0.25, 0.3) is 11.3 Å². The van der Waals surface area contributed by atoms with Gasteiger partial charge in [-0.3, -0.25) is 4.79 Å². The van der Waals surface area contributed by atoms with Crippen LogP contribution in [0.5, 0.6) is 11.5 Å². The Morgan fingerprint density at radius 1 is 1.04 bits per heavy atom. The number of primary amides is 1. The zero-order chi connectivity index (χ0) is 19.4. The summed E-state index contributed by atoms with van der Waals surface area (Å²) in [6.45, 7) is 1.92. The molecule has 1 heterocycles. The standard InChI is InChI=1S/C20H20N4O3/c1-12-4-5-14(19(21)25)10-16(12)24-20-22-9-8-15(23-20)13-6-7-17(26-2)18(11-13)27-3/h4-11H,1-3H3,(H2,21,25)(H,22,23,24). The molecule has 0 aliphatic heterocycles. The van der Waals surface area contributed by atoms with Gasteiger partial charge in [0.15, 0.2) is 11.5 Å². The highest BCUT2D eigenvalue weighted by Crippen LogP contribution is 2.32. The van der Waals surface area contributed by atoms with E-state index in [9.17, 15) is 4.79 Å². The molecule has 1 aromatic heterocycles. The maximum atomic E-state index is 11.4. The van der Waals surface area contributed by atoms with E-state index in [0.29, 0.717) is 23.0 Å². The Balaban J connectivity index is 1.93. The average molecular weight is 364 g/mol. The number of ether oxygens (including phenoxy) is 2. The fourth-order valence-electron chi connectivity index (χ4n) is 2.61. The van der Waals surface area contributed by atoms with Crippen LogP contribution in [0.1, 0.15) is 15.9 Å². The molecule has 0 saturated carbocycles. The second-order valence-corrected chi connectivity index (χ2v) is 5.85. The molecular formula is C20H20N4O3. The molecule has 2 aromatic carbocycles. The summed E-state index contributed by atoms with van der Waals surface area (Å²) in [6, 6.07) is 12.6. The van der Waals surface area contributed by atoms with Crippen LogP contribution in [-0.4, -0.2) is 30.1 Å². The minimum atomic E-state index is -0.488. The molecule has 0 spiro atoms. The van der Waals surface area contributed by atoms with E-state index in [1.165, 1.54) is 0 Å². The summed E-state index contributed by atoms with van der Waals surface area (Å²) in [5.74, 6) is 1.19. The molecule has 0 bridgehead atoms. The Hall–Kier alpha value is -3.61. The SMILES string of the molecule is COc1ccc(-c2ccnc(Nc3cc(C(N)=O)ccc3C)n2)cc1OC. The van der Waals surface area contributed by atoms with E-state index in [2.05, 4.69) is 15.3 Å². The minimum Gasteiger partial charge on any atom is -0.493 e. The van der Waals surface area contributed by atoms with E-state index in [0.717, 1.165) is 22.5 Å². The predicted octanol–water partition coefficient (Wildman–Crippen LogP) is 3.31. The third kappa shape index (κ3) is 3.98. The van der Waals surface area contributed by atoms with E-state index < -0.39 is 5.91 Å². The number of rotatable bonds is 6. The molecule has 27 heavy (non-hydrogen) atoms. The van der Waals surface area contributed by atoms with Crippen molar-refractivity contribution < 1.29 is 14.3 Å². The molecule has 0 aliphatic carbocycles. The number of carbonyl (C=O) groups excluding carboxylic acids is 1. The largest absolute Gasteiger partial charge is 0.493 e. The summed E-state index contributed by atoms with van der Waals surface area (Å²) in [5, 5.41) is 3.14. The molecule has 3 rings (SSSR count). The number of benzene rings is 2. The highest BCUT2D eigenvalue weighted by atomic mass is 16.5. The molecule has 3 aromatic rings. The van der Waals surface area contributed by atoms with Crippen molar-refractivity contribution in [3.63, 3.8) is 0 Å². The summed E-state index contributed by atoms with van der Waals surface area (Å²) in [6.07, 6.45) is 1.66. The number of nitrogens with zero attached hydrogens (tertiary/aromatic N) is 2. The van der Waals surface area contributed by atoms with Gasteiger partial charge in [0.25, 0.3) is 0 Å². The number of hydrogen-bond donors (Lipinski definition) is 2. The lowest BCUT2D eigenvalue weighted by Gasteiger charge is -2.11. The fraction of sp³-hybridized carbons (Fsp3) is 0.150. The maximum Gasteiger partial charge on any atom is 0.248 e. The van der Waals surface area contributed by atoms with Gasteiger partial charge in [-0.25, -0.2) is 9.97 Å². The Kier molecular flexibility index (Phi) is 5.21. The molecule has 0 atom stereocenters. The van der Waals surface area contributed by atoms with Crippen LogP contribution < -0.4 is 20.5 Å². The smallest absolute Gasteiger partial charge is 0.248 e. The van der Waals surface area contributed by atoms with E-state index >= 15 is 0 Å². The van der Waals surface area contributed by atoms with Crippen molar-refractivity contribution in [1.82, 2.24) is 9.97 Å². The number of nitrogens with two attached hydrogens (primary N) is 1. The van der Waals surface area contributed by atoms with Gasteiger partial charge >= 0.3 is 0 Å². The molecule has 7 heteroatoms. The summed E-state index contributed by atoms with van der Waals surface area (Å²) >= 11 is 0. The quantitative estimate of drug-likeness (QED) is 0.696. The highest BCUT2D eigenvalue weighted by Gasteiger charge is 2.10. The first-order valence-electron chi connectivity index (χ1n) is 8.24. The van der Waals surface area contributed by atoms with Crippen molar-refractivity contribution in [1.29, 1.82) is 0 Å². The number of nitrogens with one attached hydrogen (secondary N) is 1. The van der Waals surface area contributed by atoms with Crippen molar-refractivity contribution >= 4 is 17.5 Å². The monoisotopic (exact) mass is 364 g/mol. The molecule has 1 amide bonds. The minimum absolute atomic E-state index is 0.409. The first-order chi connectivity index (χ1) is 13.0. The van der Waals surface area contributed by atoms with Crippen LogP contribution in [0.3, 0.4) is 0 Å². The van der Waals surface area contributed by atoms with Crippen LogP contribution in [0.4, 0.5) is 11.6 Å². The van der Waals surface area contributed by atoms with E-state index in [1.807, 2.05) is 31.2 Å². The van der Waals surface area contributed by atoms with Crippen LogP contribution in [0.15, 0.2) is 48.7 Å². The summed E-state index contributed by atoms with van der Waals surface area (Å²) in [4.78, 5) is 20.2. The van der Waals surface area contributed by atoms with Crippen molar-refractivity contribution in [3.05, 3.63) is 59.8 Å². The first kappa shape index (κ1) is 18.2. The molecular weight excluding hydrogens is 344 g/mol. The van der Waals surface area contributed by atoms with Crippen LogP contribution in [0.2, 0.25) is 0 Å². The third-order valence-corrected chi connectivity index (χ3v) is 4.10. The lowest BCUT2D eigenvalue weighted by atomic mass is 10.1. The predicted molar refractivity (Wildman–Crippen MR) is 104 cm³/mol. The number of amides is 1. The van der Waals surface area contributed by atoms with Crippen molar-refractivity contribution in [2.24, 2.45) is 5.73 Å². The Morgan fingerprint density at radius 3 is 2.52 bits per heavy atom. The van der Waals surface area contributed by atoms with E-state index in [1.54, 1.807) is 38.6 Å². The summed E-state index contributed by atoms with van der Waals surface area (Å²) < 4.78 is 10.6. The number of anilines is 2. The number of aryl methyl sites for hydroxylation is 1. The van der Waals surface area contributed by atoms with Gasteiger partial charge in [0.1, 0.15) is 0 Å². The van der Waals surface area contributed by atoms with E-state index in [4.69, 9.17) is 15.2 Å². The van der Waals surface area contributed by atoms with Gasteiger partial charge in [0, 0.05) is 23.0 Å². The van der Waals surface area contributed by atoms with E-state index in [-0.39, 0.29) is 0 Å². The van der Waals surface area contributed by atoms with Gasteiger partial charge in [0.2, 0.25) is 11.9 Å². The number of carbonyl (C=O) groups is 1. The molecule has 0 radical (unpaired) electrons. The Morgan fingerprint density at radius 2 is 1.81 bits per heavy atom. The molecule has 7 nitrogen and oxygen atoms in total. The molecule has 3 N–H and O–H groups in total. The normalized spacial score (nSPS) is 10.3. The van der Waals surface area contributed by atoms with Gasteiger partial charge < -0.3 is 20.5 Å². The number of methoxy groups -OCH3 is 2. The molecule has 0 unspecified atom stereocenters. The fourth-order valence-corrected chi connectivity index (χ4v) is 2.61. The topological polar surface area (TPSA) is 99.4 Å². The number of aromatic nitrogens is 2. The van der Waals surface area contributed by atoms with Gasteiger partial charge in [-0.1, -0.05) is 6.07 Å². The van der Waals surface area contributed by atoms with Crippen LogP contribution in [-0.2, 0) is 0 Å². The summed E-state index contributed by atoms with van der Waals surface area (Å²) in [7, 11) is 3.18. The highest BCUT2D eigenvalue weighted by molar-refractivity contribution is 5.94. The molecule has 0 fully saturated rings. The van der Waals surface area contributed by atoms with Crippen molar-refractivity contribution in [2.75, 3.05) is 19.5 Å². The lowest BCUT2D eigenvalue weighted by Crippen LogP contribution is -2.11. The Labute approximate surface area is 157 Å².